The number of rotatable bonds is 5. The number of carbonyl (C=O) groups is 1. The average molecular weight is 536 g/mol. The van der Waals surface area contributed by atoms with E-state index in [0.29, 0.717) is 52.2 Å². The Morgan fingerprint density at radius 3 is 2.56 bits per heavy atom. The van der Waals surface area contributed by atoms with Gasteiger partial charge in [0.15, 0.2) is 0 Å². The van der Waals surface area contributed by atoms with Crippen LogP contribution in [0.25, 0.3) is 16.7 Å². The van der Waals surface area contributed by atoms with Crippen LogP contribution in [0.15, 0.2) is 60.9 Å². The second-order valence-corrected chi connectivity index (χ2v) is 9.79. The fourth-order valence-corrected chi connectivity index (χ4v) is 4.83. The molecule has 11 heteroatoms. The van der Waals surface area contributed by atoms with Crippen molar-refractivity contribution in [2.24, 2.45) is 0 Å². The molecule has 1 aliphatic heterocycles. The predicted molar refractivity (Wildman–Crippen MR) is 135 cm³/mol. The number of ether oxygens (including phenoxy) is 1. The molecular formula is C28H24F3N5O3. The first-order valence-electron chi connectivity index (χ1n) is 12.2. The Balaban J connectivity index is 1.43. The highest BCUT2D eigenvalue weighted by molar-refractivity contribution is 5.98. The third kappa shape index (κ3) is 5.15. The van der Waals surface area contributed by atoms with Gasteiger partial charge in [-0.2, -0.15) is 5.26 Å². The summed E-state index contributed by atoms with van der Waals surface area (Å²) in [5, 5.41) is 20.4. The van der Waals surface area contributed by atoms with E-state index in [0.717, 1.165) is 0 Å². The van der Waals surface area contributed by atoms with Gasteiger partial charge >= 0.3 is 6.36 Å². The zero-order chi connectivity index (χ0) is 27.9. The molecule has 200 valence electrons. The number of amides is 1. The van der Waals surface area contributed by atoms with E-state index in [1.807, 2.05) is 24.5 Å². The summed E-state index contributed by atoms with van der Waals surface area (Å²) >= 11 is 0. The second kappa shape index (κ2) is 9.71. The first-order valence-corrected chi connectivity index (χ1v) is 12.2. The van der Waals surface area contributed by atoms with Gasteiger partial charge in [-0.15, -0.1) is 13.2 Å². The number of fused-ring (bicyclic) bond motifs is 1. The molecule has 0 aliphatic carbocycles. The number of likely N-dealkylation sites (tertiary alicyclic amines) is 1. The number of pyridine rings is 1. The van der Waals surface area contributed by atoms with Crippen molar-refractivity contribution in [3.05, 3.63) is 83.4 Å². The van der Waals surface area contributed by atoms with Crippen molar-refractivity contribution in [1.29, 1.82) is 5.26 Å². The molecule has 2 aromatic heterocycles. The molecule has 5 rings (SSSR count). The molecule has 8 nitrogen and oxygen atoms in total. The zero-order valence-corrected chi connectivity index (χ0v) is 21.1. The molecule has 1 atom stereocenters. The summed E-state index contributed by atoms with van der Waals surface area (Å²) in [6, 6.07) is 14.2. The molecule has 1 amide bonds. The van der Waals surface area contributed by atoms with Crippen LogP contribution in [0.4, 0.5) is 13.2 Å². The van der Waals surface area contributed by atoms with Gasteiger partial charge in [-0.25, -0.2) is 4.98 Å². The molecule has 0 bridgehead atoms. The largest absolute Gasteiger partial charge is 0.573 e. The van der Waals surface area contributed by atoms with E-state index >= 15 is 0 Å². The van der Waals surface area contributed by atoms with Crippen molar-refractivity contribution in [2.45, 2.75) is 38.1 Å². The van der Waals surface area contributed by atoms with Crippen molar-refractivity contribution in [3.63, 3.8) is 0 Å². The molecule has 4 aromatic rings. The summed E-state index contributed by atoms with van der Waals surface area (Å²) in [4.78, 5) is 23.7. The number of β-amino-alcohol motifs (C(OH)–C–C–N with tert-alkyl or cyclic N) is 1. The van der Waals surface area contributed by atoms with Crippen LogP contribution in [0.1, 0.15) is 53.5 Å². The second-order valence-electron chi connectivity index (χ2n) is 9.79. The van der Waals surface area contributed by atoms with Crippen molar-refractivity contribution in [2.75, 3.05) is 13.1 Å². The molecule has 0 saturated carbocycles. The smallest absolute Gasteiger partial charge is 0.406 e. The monoisotopic (exact) mass is 535 g/mol. The van der Waals surface area contributed by atoms with E-state index in [-0.39, 0.29) is 24.1 Å². The molecule has 0 radical (unpaired) electrons. The highest BCUT2D eigenvalue weighted by Gasteiger charge is 2.40. The molecule has 3 heterocycles. The maximum Gasteiger partial charge on any atom is 0.573 e. The Hall–Kier alpha value is -4.43. The van der Waals surface area contributed by atoms with Crippen LogP contribution in [-0.4, -0.2) is 49.9 Å². The number of nitriles is 1. The van der Waals surface area contributed by atoms with Gasteiger partial charge in [-0.05, 0) is 55.0 Å². The molecule has 1 N–H and O–H groups in total. The van der Waals surface area contributed by atoms with Crippen LogP contribution < -0.4 is 4.74 Å². The Bertz CT molecular complexity index is 1590. The summed E-state index contributed by atoms with van der Waals surface area (Å²) in [7, 11) is 0. The molecule has 39 heavy (non-hydrogen) atoms. The summed E-state index contributed by atoms with van der Waals surface area (Å²) in [5.41, 5.74) is 1.75. The summed E-state index contributed by atoms with van der Waals surface area (Å²) in [6.07, 6.45) is -1.56. The van der Waals surface area contributed by atoms with Crippen LogP contribution in [-0.2, 0) is 5.60 Å². The lowest BCUT2D eigenvalue weighted by Crippen LogP contribution is -2.34. The first-order chi connectivity index (χ1) is 18.5. The molecule has 1 unspecified atom stereocenters. The SMILES string of the molecule is CC(C)c1nc2cc(C(=O)N3CCC(O)(c4cncc(C#N)c4)C3)ccc2n1-c1ccc(OC(F)(F)F)cc1. The van der Waals surface area contributed by atoms with Gasteiger partial charge < -0.3 is 14.7 Å². The number of alkyl halides is 3. The highest BCUT2D eigenvalue weighted by atomic mass is 19.4. The van der Waals surface area contributed by atoms with E-state index in [4.69, 9.17) is 10.2 Å². The molecule has 0 spiro atoms. The Labute approximate surface area is 221 Å². The van der Waals surface area contributed by atoms with Crippen LogP contribution in [0.2, 0.25) is 0 Å². The Kier molecular flexibility index (Phi) is 6.52. The molecule has 1 saturated heterocycles. The molecule has 1 aliphatic rings. The van der Waals surface area contributed by atoms with Crippen LogP contribution in [0.5, 0.6) is 5.75 Å². The number of carbonyl (C=O) groups excluding carboxylic acids is 1. The topological polar surface area (TPSA) is 104 Å². The number of benzene rings is 2. The van der Waals surface area contributed by atoms with Gasteiger partial charge in [0.25, 0.3) is 5.91 Å². The predicted octanol–water partition coefficient (Wildman–Crippen LogP) is 5.05. The lowest BCUT2D eigenvalue weighted by molar-refractivity contribution is -0.274. The van der Waals surface area contributed by atoms with E-state index in [2.05, 4.69) is 9.72 Å². The minimum absolute atomic E-state index is 0.0194. The Morgan fingerprint density at radius 2 is 1.90 bits per heavy atom. The van der Waals surface area contributed by atoms with Gasteiger partial charge in [0.2, 0.25) is 0 Å². The summed E-state index contributed by atoms with van der Waals surface area (Å²) in [6.45, 7) is 4.28. The number of nitrogens with zero attached hydrogens (tertiary/aromatic N) is 5. The number of aromatic nitrogens is 3. The molecule has 2 aromatic carbocycles. The summed E-state index contributed by atoms with van der Waals surface area (Å²) in [5.74, 6) is 0.0652. The fourth-order valence-electron chi connectivity index (χ4n) is 4.83. The van der Waals surface area contributed by atoms with Gasteiger partial charge in [0, 0.05) is 41.7 Å². The number of halogens is 3. The number of imidazole rings is 1. The lowest BCUT2D eigenvalue weighted by Gasteiger charge is -2.23. The summed E-state index contributed by atoms with van der Waals surface area (Å²) < 4.78 is 43.5. The number of hydrogen-bond acceptors (Lipinski definition) is 6. The maximum atomic E-state index is 13.4. The standard InChI is InChI=1S/C28H24F3N5O3/c1-17(2)25-34-23-12-19(3-8-24(23)36(25)21-4-6-22(7-5-21)39-28(29,30)31)26(37)35-10-9-27(38,16-35)20-11-18(13-32)14-33-15-20/h3-8,11-12,14-15,17,38H,9-10,16H2,1-2H3. The van der Waals surface area contributed by atoms with E-state index < -0.39 is 12.0 Å². The van der Waals surface area contributed by atoms with E-state index in [1.165, 1.54) is 36.7 Å². The number of aliphatic hydroxyl groups is 1. The van der Waals surface area contributed by atoms with E-state index in [1.54, 1.807) is 29.2 Å². The lowest BCUT2D eigenvalue weighted by atomic mass is 9.94. The third-order valence-electron chi connectivity index (χ3n) is 6.71. The third-order valence-corrected chi connectivity index (χ3v) is 6.71. The van der Waals surface area contributed by atoms with Crippen molar-refractivity contribution in [1.82, 2.24) is 19.4 Å². The van der Waals surface area contributed by atoms with Crippen molar-refractivity contribution < 1.29 is 27.8 Å². The van der Waals surface area contributed by atoms with Crippen LogP contribution in [0.3, 0.4) is 0 Å². The fraction of sp³-hybridized carbons (Fsp3) is 0.286. The Morgan fingerprint density at radius 1 is 1.15 bits per heavy atom. The normalized spacial score (nSPS) is 17.5. The zero-order valence-electron chi connectivity index (χ0n) is 21.1. The van der Waals surface area contributed by atoms with Gasteiger partial charge in [-0.1, -0.05) is 13.8 Å². The highest BCUT2D eigenvalue weighted by Crippen LogP contribution is 2.34. The molecular weight excluding hydrogens is 511 g/mol. The minimum Gasteiger partial charge on any atom is -0.406 e. The molecule has 1 fully saturated rings. The quantitative estimate of drug-likeness (QED) is 0.384. The van der Waals surface area contributed by atoms with Crippen molar-refractivity contribution in [3.8, 4) is 17.5 Å². The van der Waals surface area contributed by atoms with Crippen LogP contribution >= 0.6 is 0 Å². The minimum atomic E-state index is -4.78. The van der Waals surface area contributed by atoms with Crippen molar-refractivity contribution >= 4 is 16.9 Å². The van der Waals surface area contributed by atoms with Gasteiger partial charge in [0.1, 0.15) is 23.2 Å². The van der Waals surface area contributed by atoms with Gasteiger partial charge in [0.05, 0.1) is 23.1 Å². The first kappa shape index (κ1) is 26.2. The van der Waals surface area contributed by atoms with Crippen LogP contribution in [0, 0.1) is 11.3 Å². The average Bonchev–Trinajstić information content (AvgIpc) is 3.49. The number of hydrogen-bond donors (Lipinski definition) is 1. The van der Waals surface area contributed by atoms with Gasteiger partial charge in [-0.3, -0.25) is 14.3 Å². The van der Waals surface area contributed by atoms with E-state index in [9.17, 15) is 23.1 Å². The maximum absolute atomic E-state index is 13.4.